The Morgan fingerprint density at radius 1 is 1.29 bits per heavy atom. The smallest absolute Gasteiger partial charge is 0.326 e. The Morgan fingerprint density at radius 2 is 2.10 bits per heavy atom. The highest BCUT2D eigenvalue weighted by molar-refractivity contribution is 5.86. The quantitative estimate of drug-likeness (QED) is 0.887. The molecule has 3 rings (SSSR count). The molecule has 21 heavy (non-hydrogen) atoms. The second-order valence-electron chi connectivity index (χ2n) is 6.03. The fourth-order valence-corrected chi connectivity index (χ4v) is 3.82. The van der Waals surface area contributed by atoms with Crippen LogP contribution in [0.25, 0.3) is 0 Å². The van der Waals surface area contributed by atoms with Gasteiger partial charge in [0.25, 0.3) is 0 Å². The number of rotatable bonds is 3. The first-order chi connectivity index (χ1) is 10.1. The maximum atomic E-state index is 12.5. The topological polar surface area (TPSA) is 77.8 Å². The Labute approximate surface area is 123 Å². The molecule has 0 aromatic heterocycles. The number of carboxylic acid groups (broad SMARTS) is 1. The summed E-state index contributed by atoms with van der Waals surface area (Å²) >= 11 is 0. The first kappa shape index (κ1) is 13.9. The van der Waals surface area contributed by atoms with Crippen molar-refractivity contribution in [1.82, 2.24) is 4.90 Å². The summed E-state index contributed by atoms with van der Waals surface area (Å²) in [5, 5.41) is 18.9. The van der Waals surface area contributed by atoms with E-state index in [2.05, 4.69) is 0 Å². The van der Waals surface area contributed by atoms with Crippen molar-refractivity contribution in [3.05, 3.63) is 29.8 Å². The number of fused-ring (bicyclic) bond motifs is 1. The number of carbonyl (C=O) groups excluding carboxylic acids is 1. The summed E-state index contributed by atoms with van der Waals surface area (Å²) in [6.45, 7) is 0.555. The summed E-state index contributed by atoms with van der Waals surface area (Å²) in [7, 11) is 0. The molecule has 2 fully saturated rings. The van der Waals surface area contributed by atoms with Gasteiger partial charge < -0.3 is 15.1 Å². The van der Waals surface area contributed by atoms with Crippen molar-refractivity contribution >= 4 is 11.9 Å². The van der Waals surface area contributed by atoms with Crippen LogP contribution in [0.1, 0.15) is 24.8 Å². The summed E-state index contributed by atoms with van der Waals surface area (Å²) in [5.41, 5.74) is 0.709. The number of hydrogen-bond donors (Lipinski definition) is 2. The number of benzene rings is 1. The molecule has 1 aromatic rings. The number of nitrogens with zero attached hydrogens (tertiary/aromatic N) is 1. The van der Waals surface area contributed by atoms with Gasteiger partial charge in [0, 0.05) is 6.54 Å². The van der Waals surface area contributed by atoms with E-state index in [9.17, 15) is 19.8 Å². The third-order valence-electron chi connectivity index (χ3n) is 4.73. The van der Waals surface area contributed by atoms with Crippen LogP contribution in [-0.2, 0) is 16.0 Å². The molecule has 3 unspecified atom stereocenters. The van der Waals surface area contributed by atoms with Gasteiger partial charge in [-0.2, -0.15) is 0 Å². The van der Waals surface area contributed by atoms with Gasteiger partial charge in [0.15, 0.2) is 0 Å². The molecule has 112 valence electrons. The van der Waals surface area contributed by atoms with Crippen LogP contribution in [0.4, 0.5) is 0 Å². The summed E-state index contributed by atoms with van der Waals surface area (Å²) in [4.78, 5) is 25.5. The maximum Gasteiger partial charge on any atom is 0.326 e. The average molecular weight is 289 g/mol. The summed E-state index contributed by atoms with van der Waals surface area (Å²) < 4.78 is 0. The Bertz CT molecular complexity index is 571. The molecule has 5 nitrogen and oxygen atoms in total. The highest BCUT2D eigenvalue weighted by atomic mass is 16.4. The van der Waals surface area contributed by atoms with E-state index in [0.29, 0.717) is 18.0 Å². The molecule has 1 aliphatic heterocycles. The third kappa shape index (κ3) is 2.60. The number of aliphatic carboxylic acids is 1. The van der Waals surface area contributed by atoms with E-state index in [1.165, 1.54) is 4.90 Å². The zero-order chi connectivity index (χ0) is 15.0. The molecule has 1 amide bonds. The molecule has 0 spiro atoms. The normalized spacial score (nSPS) is 27.6. The van der Waals surface area contributed by atoms with Gasteiger partial charge in [0.2, 0.25) is 5.91 Å². The zero-order valence-corrected chi connectivity index (χ0v) is 11.7. The van der Waals surface area contributed by atoms with Crippen LogP contribution in [0.5, 0.6) is 5.75 Å². The molecule has 2 N–H and O–H groups in total. The van der Waals surface area contributed by atoms with E-state index in [0.717, 1.165) is 19.3 Å². The summed E-state index contributed by atoms with van der Waals surface area (Å²) in [5.74, 6) is -0.501. The van der Waals surface area contributed by atoms with Crippen LogP contribution in [0.15, 0.2) is 24.3 Å². The van der Waals surface area contributed by atoms with E-state index in [1.807, 2.05) is 0 Å². The van der Waals surface area contributed by atoms with Crippen molar-refractivity contribution in [3.8, 4) is 5.75 Å². The fraction of sp³-hybridized carbons (Fsp3) is 0.500. The maximum absolute atomic E-state index is 12.5. The van der Waals surface area contributed by atoms with E-state index in [-0.39, 0.29) is 24.0 Å². The fourth-order valence-electron chi connectivity index (χ4n) is 3.82. The molecule has 1 aliphatic carbocycles. The van der Waals surface area contributed by atoms with Crippen LogP contribution >= 0.6 is 0 Å². The van der Waals surface area contributed by atoms with Crippen LogP contribution in [-0.4, -0.2) is 39.6 Å². The van der Waals surface area contributed by atoms with Gasteiger partial charge in [-0.05, 0) is 42.4 Å². The monoisotopic (exact) mass is 289 g/mol. The molecule has 0 radical (unpaired) electrons. The van der Waals surface area contributed by atoms with Crippen molar-refractivity contribution in [2.24, 2.45) is 11.8 Å². The van der Waals surface area contributed by atoms with Gasteiger partial charge in [-0.25, -0.2) is 4.79 Å². The molecule has 1 saturated heterocycles. The zero-order valence-electron chi connectivity index (χ0n) is 11.7. The van der Waals surface area contributed by atoms with Gasteiger partial charge in [-0.1, -0.05) is 18.6 Å². The summed E-state index contributed by atoms with van der Waals surface area (Å²) in [6, 6.07) is 5.87. The largest absolute Gasteiger partial charge is 0.508 e. The molecular weight excluding hydrogens is 270 g/mol. The van der Waals surface area contributed by atoms with Gasteiger partial charge in [-0.15, -0.1) is 0 Å². The third-order valence-corrected chi connectivity index (χ3v) is 4.73. The van der Waals surface area contributed by atoms with Gasteiger partial charge in [-0.3, -0.25) is 4.79 Å². The lowest BCUT2D eigenvalue weighted by molar-refractivity contribution is -0.149. The van der Waals surface area contributed by atoms with E-state index < -0.39 is 12.0 Å². The van der Waals surface area contributed by atoms with Crippen LogP contribution in [0, 0.1) is 11.8 Å². The standard InChI is InChI=1S/C16H19NO4/c18-12-5-1-3-10(7-12)8-14(19)17-9-11-4-2-6-13(11)15(17)16(20)21/h1,3,5,7,11,13,15,18H,2,4,6,8-9H2,(H,20,21). The predicted molar refractivity (Wildman–Crippen MR) is 75.8 cm³/mol. The number of likely N-dealkylation sites (tertiary alicyclic amines) is 1. The van der Waals surface area contributed by atoms with E-state index >= 15 is 0 Å². The number of phenols is 1. The van der Waals surface area contributed by atoms with E-state index in [4.69, 9.17) is 0 Å². The highest BCUT2D eigenvalue weighted by Crippen LogP contribution is 2.42. The van der Waals surface area contributed by atoms with Crippen molar-refractivity contribution in [1.29, 1.82) is 0 Å². The first-order valence-electron chi connectivity index (χ1n) is 7.36. The van der Waals surface area contributed by atoms with Gasteiger partial charge >= 0.3 is 5.97 Å². The SMILES string of the molecule is O=C(O)C1C2CCCC2CN1C(=O)Cc1cccc(O)c1. The second kappa shape index (κ2) is 5.39. The number of carboxylic acids is 1. The van der Waals surface area contributed by atoms with Crippen molar-refractivity contribution in [3.63, 3.8) is 0 Å². The molecule has 3 atom stereocenters. The van der Waals surface area contributed by atoms with E-state index in [1.54, 1.807) is 24.3 Å². The van der Waals surface area contributed by atoms with Gasteiger partial charge in [0.1, 0.15) is 11.8 Å². The second-order valence-corrected chi connectivity index (χ2v) is 6.03. The van der Waals surface area contributed by atoms with Crippen molar-refractivity contribution in [2.75, 3.05) is 6.54 Å². The molecule has 2 aliphatic rings. The minimum Gasteiger partial charge on any atom is -0.508 e. The Hall–Kier alpha value is -2.04. The minimum absolute atomic E-state index is 0.107. The number of aromatic hydroxyl groups is 1. The lowest BCUT2D eigenvalue weighted by atomic mass is 9.94. The van der Waals surface area contributed by atoms with Crippen LogP contribution < -0.4 is 0 Å². The van der Waals surface area contributed by atoms with Crippen molar-refractivity contribution in [2.45, 2.75) is 31.7 Å². The summed E-state index contributed by atoms with van der Waals surface area (Å²) in [6.07, 6.45) is 3.12. The molecule has 1 aromatic carbocycles. The highest BCUT2D eigenvalue weighted by Gasteiger charge is 2.49. The van der Waals surface area contributed by atoms with Gasteiger partial charge in [0.05, 0.1) is 6.42 Å². The molecule has 5 heteroatoms. The predicted octanol–water partition coefficient (Wildman–Crippen LogP) is 1.65. The Balaban J connectivity index is 1.76. The number of phenolic OH excluding ortho intramolecular Hbond substituents is 1. The lowest BCUT2D eigenvalue weighted by Gasteiger charge is -2.24. The Kier molecular flexibility index (Phi) is 3.57. The van der Waals surface area contributed by atoms with Crippen molar-refractivity contribution < 1.29 is 19.8 Å². The van der Waals surface area contributed by atoms with Crippen LogP contribution in [0.3, 0.4) is 0 Å². The Morgan fingerprint density at radius 3 is 2.81 bits per heavy atom. The molecule has 0 bridgehead atoms. The number of carbonyl (C=O) groups is 2. The molecule has 1 heterocycles. The number of amides is 1. The lowest BCUT2D eigenvalue weighted by Crippen LogP contribution is -2.43. The molecule has 1 saturated carbocycles. The first-order valence-corrected chi connectivity index (χ1v) is 7.36. The molecular formula is C16H19NO4. The average Bonchev–Trinajstić information content (AvgIpc) is 2.97. The number of hydrogen-bond acceptors (Lipinski definition) is 3. The minimum atomic E-state index is -0.895. The van der Waals surface area contributed by atoms with Crippen LogP contribution in [0.2, 0.25) is 0 Å².